The molecule has 1 amide bonds. The van der Waals surface area contributed by atoms with Gasteiger partial charge in [0.15, 0.2) is 0 Å². The molecule has 0 atom stereocenters. The van der Waals surface area contributed by atoms with Crippen LogP contribution < -0.4 is 20.7 Å². The van der Waals surface area contributed by atoms with E-state index in [2.05, 4.69) is 20.3 Å². The second-order valence-corrected chi connectivity index (χ2v) is 3.33. The normalized spacial score (nSPS) is 9.82. The molecule has 0 aliphatic heterocycles. The highest BCUT2D eigenvalue weighted by Gasteiger charge is 2.10. The fraction of sp³-hybridized carbons (Fsp3) is 0.556. The number of anilines is 2. The van der Waals surface area contributed by atoms with Crippen molar-refractivity contribution in [3.63, 3.8) is 0 Å². The first-order valence-electron chi connectivity index (χ1n) is 5.04. The van der Waals surface area contributed by atoms with Gasteiger partial charge in [0.25, 0.3) is 0 Å². The van der Waals surface area contributed by atoms with E-state index in [-0.39, 0.29) is 17.9 Å². The monoisotopic (exact) mass is 240 g/mol. The fourth-order valence-electron chi connectivity index (χ4n) is 1.12. The van der Waals surface area contributed by atoms with Crippen molar-refractivity contribution in [3.05, 3.63) is 0 Å². The molecule has 0 aliphatic rings. The molecule has 0 radical (unpaired) electrons. The van der Waals surface area contributed by atoms with Crippen LogP contribution in [-0.2, 0) is 4.79 Å². The first kappa shape index (κ1) is 12.9. The average molecular weight is 240 g/mol. The smallest absolute Gasteiger partial charge is 0.322 e. The molecule has 8 heteroatoms. The zero-order valence-corrected chi connectivity index (χ0v) is 10.1. The number of nitrogens with zero attached hydrogens (tertiary/aromatic N) is 4. The molecule has 0 saturated heterocycles. The van der Waals surface area contributed by atoms with E-state index in [0.29, 0.717) is 18.9 Å². The second-order valence-electron chi connectivity index (χ2n) is 3.33. The van der Waals surface area contributed by atoms with Crippen LogP contribution >= 0.6 is 0 Å². The number of hydrogen-bond acceptors (Lipinski definition) is 7. The van der Waals surface area contributed by atoms with Gasteiger partial charge in [0.1, 0.15) is 0 Å². The molecule has 94 valence electrons. The van der Waals surface area contributed by atoms with Gasteiger partial charge in [0.05, 0.1) is 7.11 Å². The van der Waals surface area contributed by atoms with Gasteiger partial charge in [0, 0.05) is 27.1 Å². The van der Waals surface area contributed by atoms with Crippen molar-refractivity contribution in [2.24, 2.45) is 0 Å². The maximum Gasteiger partial charge on any atom is 0.322 e. The Kier molecular flexibility index (Phi) is 4.44. The Morgan fingerprint density at radius 2 is 2.18 bits per heavy atom. The zero-order valence-electron chi connectivity index (χ0n) is 10.1. The molecule has 0 aliphatic carbocycles. The number of hydrogen-bond donors (Lipinski definition) is 2. The molecule has 0 saturated carbocycles. The highest BCUT2D eigenvalue weighted by atomic mass is 16.5. The molecule has 1 rings (SSSR count). The molecular formula is C9H16N6O2. The number of carbonyl (C=O) groups is 1. The number of nitrogens with two attached hydrogens (primary N) is 1. The summed E-state index contributed by atoms with van der Waals surface area (Å²) in [5.74, 6) is 0.405. The Hall–Kier alpha value is -2.12. The van der Waals surface area contributed by atoms with Gasteiger partial charge in [-0.15, -0.1) is 0 Å². The van der Waals surface area contributed by atoms with Crippen molar-refractivity contribution in [1.82, 2.24) is 20.3 Å². The predicted octanol–water partition coefficient (Wildman–Crippen LogP) is -0.965. The summed E-state index contributed by atoms with van der Waals surface area (Å²) in [5.41, 5.74) is 5.51. The van der Waals surface area contributed by atoms with E-state index in [1.165, 1.54) is 7.11 Å². The Morgan fingerprint density at radius 3 is 2.76 bits per heavy atom. The molecule has 0 unspecified atom stereocenters. The third-order valence-electron chi connectivity index (χ3n) is 2.10. The van der Waals surface area contributed by atoms with E-state index in [9.17, 15) is 4.79 Å². The van der Waals surface area contributed by atoms with Crippen LogP contribution in [0.3, 0.4) is 0 Å². The van der Waals surface area contributed by atoms with Gasteiger partial charge in [-0.05, 0) is 0 Å². The van der Waals surface area contributed by atoms with Crippen LogP contribution in [-0.4, -0.2) is 48.6 Å². The SMILES string of the molecule is CNC(=O)CCN(C)c1nc(N)nc(OC)n1. The number of rotatable bonds is 5. The third kappa shape index (κ3) is 3.74. The number of nitrogens with one attached hydrogen (secondary N) is 1. The molecule has 1 aromatic heterocycles. The lowest BCUT2D eigenvalue weighted by Crippen LogP contribution is -2.27. The van der Waals surface area contributed by atoms with Crippen LogP contribution in [0.2, 0.25) is 0 Å². The van der Waals surface area contributed by atoms with Gasteiger partial charge in [-0.1, -0.05) is 0 Å². The Bertz CT molecular complexity index is 397. The first-order valence-corrected chi connectivity index (χ1v) is 5.04. The number of ether oxygens (including phenoxy) is 1. The van der Waals surface area contributed by atoms with Gasteiger partial charge < -0.3 is 20.7 Å². The Balaban J connectivity index is 2.71. The van der Waals surface area contributed by atoms with Crippen molar-refractivity contribution < 1.29 is 9.53 Å². The lowest BCUT2D eigenvalue weighted by molar-refractivity contribution is -0.120. The quantitative estimate of drug-likeness (QED) is 0.682. The van der Waals surface area contributed by atoms with E-state index in [1.807, 2.05) is 0 Å². The highest BCUT2D eigenvalue weighted by molar-refractivity contribution is 5.76. The van der Waals surface area contributed by atoms with Gasteiger partial charge >= 0.3 is 6.01 Å². The topological polar surface area (TPSA) is 106 Å². The molecule has 0 fully saturated rings. The Morgan fingerprint density at radius 1 is 1.47 bits per heavy atom. The van der Waals surface area contributed by atoms with E-state index < -0.39 is 0 Å². The summed E-state index contributed by atoms with van der Waals surface area (Å²) < 4.78 is 4.88. The van der Waals surface area contributed by atoms with Gasteiger partial charge in [-0.25, -0.2) is 0 Å². The maximum atomic E-state index is 11.1. The summed E-state index contributed by atoms with van der Waals surface area (Å²) in [4.78, 5) is 24.6. The molecule has 1 heterocycles. The van der Waals surface area contributed by atoms with E-state index in [1.54, 1.807) is 19.0 Å². The van der Waals surface area contributed by atoms with Crippen molar-refractivity contribution in [1.29, 1.82) is 0 Å². The van der Waals surface area contributed by atoms with Crippen LogP contribution in [0.1, 0.15) is 6.42 Å². The molecule has 0 spiro atoms. The summed E-state index contributed by atoms with van der Waals surface area (Å²) >= 11 is 0. The molecule has 17 heavy (non-hydrogen) atoms. The van der Waals surface area contributed by atoms with Crippen molar-refractivity contribution in [2.75, 3.05) is 38.4 Å². The summed E-state index contributed by atoms with van der Waals surface area (Å²) in [6.45, 7) is 0.478. The lowest BCUT2D eigenvalue weighted by atomic mass is 10.4. The molecule has 0 bridgehead atoms. The molecule has 0 aromatic carbocycles. The number of amides is 1. The van der Waals surface area contributed by atoms with Crippen molar-refractivity contribution >= 4 is 17.8 Å². The summed E-state index contributed by atoms with van der Waals surface area (Å²) in [7, 11) is 4.80. The van der Waals surface area contributed by atoms with Crippen LogP contribution in [0.25, 0.3) is 0 Å². The summed E-state index contributed by atoms with van der Waals surface area (Å²) in [6.07, 6.45) is 0.348. The standard InChI is InChI=1S/C9H16N6O2/c1-11-6(16)4-5-15(2)8-12-7(10)13-9(14-8)17-3/h4-5H2,1-3H3,(H,11,16)(H2,10,12,13,14). The van der Waals surface area contributed by atoms with E-state index >= 15 is 0 Å². The summed E-state index contributed by atoms with van der Waals surface area (Å²) in [5, 5.41) is 2.54. The second kappa shape index (κ2) is 5.83. The number of methoxy groups -OCH3 is 1. The average Bonchev–Trinajstić information content (AvgIpc) is 2.34. The lowest BCUT2D eigenvalue weighted by Gasteiger charge is -2.16. The molecule has 3 N–H and O–H groups in total. The minimum atomic E-state index is -0.0501. The van der Waals surface area contributed by atoms with E-state index in [0.717, 1.165) is 0 Å². The largest absolute Gasteiger partial charge is 0.467 e. The van der Waals surface area contributed by atoms with Crippen molar-refractivity contribution in [3.8, 4) is 6.01 Å². The number of carbonyl (C=O) groups excluding carboxylic acids is 1. The molecule has 8 nitrogen and oxygen atoms in total. The van der Waals surface area contributed by atoms with Gasteiger partial charge in [0.2, 0.25) is 17.8 Å². The predicted molar refractivity (Wildman–Crippen MR) is 62.7 cm³/mol. The van der Waals surface area contributed by atoms with Gasteiger partial charge in [-0.3, -0.25) is 4.79 Å². The van der Waals surface area contributed by atoms with Crippen LogP contribution in [0.5, 0.6) is 6.01 Å². The van der Waals surface area contributed by atoms with Crippen LogP contribution in [0.4, 0.5) is 11.9 Å². The first-order chi connectivity index (χ1) is 8.06. The van der Waals surface area contributed by atoms with E-state index in [4.69, 9.17) is 10.5 Å². The summed E-state index contributed by atoms with van der Waals surface area (Å²) in [6, 6.07) is 0.152. The van der Waals surface area contributed by atoms with Gasteiger partial charge in [-0.2, -0.15) is 15.0 Å². The minimum Gasteiger partial charge on any atom is -0.467 e. The maximum absolute atomic E-state index is 11.1. The number of nitrogen functional groups attached to an aromatic ring is 1. The molecular weight excluding hydrogens is 224 g/mol. The van der Waals surface area contributed by atoms with Crippen LogP contribution in [0, 0.1) is 0 Å². The minimum absolute atomic E-state index is 0.0501. The van der Waals surface area contributed by atoms with Crippen LogP contribution in [0.15, 0.2) is 0 Å². The number of aromatic nitrogens is 3. The Labute approximate surface area is 99.2 Å². The highest BCUT2D eigenvalue weighted by Crippen LogP contribution is 2.11. The zero-order chi connectivity index (χ0) is 12.8. The third-order valence-corrected chi connectivity index (χ3v) is 2.10. The fourth-order valence-corrected chi connectivity index (χ4v) is 1.12. The molecule has 1 aromatic rings. The van der Waals surface area contributed by atoms with Crippen molar-refractivity contribution in [2.45, 2.75) is 6.42 Å².